The molecule has 0 amide bonds. The normalized spacial score (nSPS) is 12.2. The van der Waals surface area contributed by atoms with E-state index in [1.807, 2.05) is 19.2 Å². The zero-order chi connectivity index (χ0) is 10.1. The molecule has 2 aromatic rings. The summed E-state index contributed by atoms with van der Waals surface area (Å²) in [5, 5.41) is 5.66. The van der Waals surface area contributed by atoms with E-state index < -0.39 is 0 Å². The number of nitrogens with zero attached hydrogens (tertiary/aromatic N) is 3. The van der Waals surface area contributed by atoms with Gasteiger partial charge < -0.3 is 10.3 Å². The minimum absolute atomic E-state index is 0. The standard InChI is InChI=1S/C8H10N4OS.ClH/c1-4(9)7-10-8(13-11-7)6-3-14-12-5(6)2;/h3-4H,9H2,1-2H3;1H. The average molecular weight is 247 g/mol. The van der Waals surface area contributed by atoms with E-state index in [0.29, 0.717) is 11.7 Å². The number of halogens is 1. The van der Waals surface area contributed by atoms with Gasteiger partial charge in [-0.1, -0.05) is 5.16 Å². The van der Waals surface area contributed by atoms with Crippen LogP contribution in [0.3, 0.4) is 0 Å². The van der Waals surface area contributed by atoms with Crippen molar-refractivity contribution in [2.75, 3.05) is 0 Å². The van der Waals surface area contributed by atoms with Gasteiger partial charge in [-0.15, -0.1) is 12.4 Å². The van der Waals surface area contributed by atoms with E-state index >= 15 is 0 Å². The minimum atomic E-state index is -0.209. The van der Waals surface area contributed by atoms with Crippen LogP contribution in [0.5, 0.6) is 0 Å². The van der Waals surface area contributed by atoms with Crippen LogP contribution in [0.1, 0.15) is 24.5 Å². The van der Waals surface area contributed by atoms with Crippen LogP contribution in [0.4, 0.5) is 0 Å². The summed E-state index contributed by atoms with van der Waals surface area (Å²) in [5.74, 6) is 1.01. The summed E-state index contributed by atoms with van der Waals surface area (Å²) in [7, 11) is 0. The molecule has 0 aliphatic heterocycles. The van der Waals surface area contributed by atoms with Crippen molar-refractivity contribution >= 4 is 23.9 Å². The Morgan fingerprint density at radius 1 is 1.53 bits per heavy atom. The molecule has 82 valence electrons. The maximum atomic E-state index is 5.62. The third-order valence-corrected chi connectivity index (χ3v) is 2.55. The van der Waals surface area contributed by atoms with Crippen molar-refractivity contribution in [1.82, 2.24) is 14.5 Å². The molecule has 0 saturated carbocycles. The third-order valence-electron chi connectivity index (χ3n) is 1.83. The molecular formula is C8H11ClN4OS. The lowest BCUT2D eigenvalue weighted by Crippen LogP contribution is -2.06. The van der Waals surface area contributed by atoms with Crippen LogP contribution < -0.4 is 5.73 Å². The molecule has 2 heterocycles. The number of aryl methyl sites for hydroxylation is 1. The molecule has 1 unspecified atom stereocenters. The molecule has 0 aliphatic carbocycles. The highest BCUT2D eigenvalue weighted by molar-refractivity contribution is 7.04. The topological polar surface area (TPSA) is 77.8 Å². The van der Waals surface area contributed by atoms with Crippen LogP contribution in [0.2, 0.25) is 0 Å². The summed E-state index contributed by atoms with van der Waals surface area (Å²) in [6.45, 7) is 3.72. The van der Waals surface area contributed by atoms with E-state index in [-0.39, 0.29) is 18.4 Å². The Morgan fingerprint density at radius 3 is 2.73 bits per heavy atom. The highest BCUT2D eigenvalue weighted by Gasteiger charge is 2.14. The molecule has 0 fully saturated rings. The van der Waals surface area contributed by atoms with Gasteiger partial charge in [0, 0.05) is 5.38 Å². The second-order valence-electron chi connectivity index (χ2n) is 3.06. The van der Waals surface area contributed by atoms with Gasteiger partial charge in [0.15, 0.2) is 5.82 Å². The summed E-state index contributed by atoms with van der Waals surface area (Å²) in [4.78, 5) is 4.18. The van der Waals surface area contributed by atoms with Gasteiger partial charge in [0.1, 0.15) is 0 Å². The molecule has 2 aromatic heterocycles. The molecule has 2 N–H and O–H groups in total. The number of rotatable bonds is 2. The van der Waals surface area contributed by atoms with Crippen molar-refractivity contribution in [3.63, 3.8) is 0 Å². The molecule has 5 nitrogen and oxygen atoms in total. The summed E-state index contributed by atoms with van der Waals surface area (Å²) >= 11 is 1.37. The van der Waals surface area contributed by atoms with Crippen LogP contribution in [0.15, 0.2) is 9.90 Å². The van der Waals surface area contributed by atoms with Crippen LogP contribution in [-0.2, 0) is 0 Å². The zero-order valence-electron chi connectivity index (χ0n) is 8.30. The molecule has 0 spiro atoms. The van der Waals surface area contributed by atoms with Crippen LogP contribution in [0, 0.1) is 6.92 Å². The lowest BCUT2D eigenvalue weighted by Gasteiger charge is -1.92. The Morgan fingerprint density at radius 2 is 2.27 bits per heavy atom. The van der Waals surface area contributed by atoms with Crippen molar-refractivity contribution in [3.05, 3.63) is 16.9 Å². The zero-order valence-corrected chi connectivity index (χ0v) is 9.93. The summed E-state index contributed by atoms with van der Waals surface area (Å²) in [5.41, 5.74) is 7.40. The van der Waals surface area contributed by atoms with Gasteiger partial charge in [0.25, 0.3) is 5.89 Å². The van der Waals surface area contributed by atoms with Crippen molar-refractivity contribution in [2.45, 2.75) is 19.9 Å². The first-order valence-electron chi connectivity index (χ1n) is 4.19. The fourth-order valence-electron chi connectivity index (χ4n) is 1.03. The molecule has 0 bridgehead atoms. The number of hydrogen-bond donors (Lipinski definition) is 1. The number of aromatic nitrogens is 3. The van der Waals surface area contributed by atoms with Crippen molar-refractivity contribution in [1.29, 1.82) is 0 Å². The largest absolute Gasteiger partial charge is 0.334 e. The summed E-state index contributed by atoms with van der Waals surface area (Å²) in [6, 6.07) is -0.209. The van der Waals surface area contributed by atoms with Crippen molar-refractivity contribution < 1.29 is 4.52 Å². The lowest BCUT2D eigenvalue weighted by molar-refractivity contribution is 0.418. The van der Waals surface area contributed by atoms with Crippen LogP contribution >= 0.6 is 23.9 Å². The van der Waals surface area contributed by atoms with Gasteiger partial charge in [0.05, 0.1) is 17.3 Å². The number of nitrogens with two attached hydrogens (primary N) is 1. The average Bonchev–Trinajstić information content (AvgIpc) is 2.71. The van der Waals surface area contributed by atoms with E-state index in [9.17, 15) is 0 Å². The van der Waals surface area contributed by atoms with E-state index in [4.69, 9.17) is 10.3 Å². The predicted octanol–water partition coefficient (Wildman–Crippen LogP) is 1.94. The fourth-order valence-corrected chi connectivity index (χ4v) is 1.71. The highest BCUT2D eigenvalue weighted by Crippen LogP contribution is 2.23. The summed E-state index contributed by atoms with van der Waals surface area (Å²) in [6.07, 6.45) is 0. The van der Waals surface area contributed by atoms with Gasteiger partial charge in [-0.3, -0.25) is 0 Å². The monoisotopic (exact) mass is 246 g/mol. The molecule has 0 radical (unpaired) electrons. The quantitative estimate of drug-likeness (QED) is 0.876. The van der Waals surface area contributed by atoms with Gasteiger partial charge >= 0.3 is 0 Å². The van der Waals surface area contributed by atoms with Crippen molar-refractivity contribution in [2.24, 2.45) is 5.73 Å². The Balaban J connectivity index is 0.00000112. The molecule has 15 heavy (non-hydrogen) atoms. The Kier molecular flexibility index (Phi) is 3.78. The lowest BCUT2D eigenvalue weighted by atomic mass is 10.3. The predicted molar refractivity (Wildman–Crippen MR) is 60.0 cm³/mol. The van der Waals surface area contributed by atoms with E-state index in [0.717, 1.165) is 11.3 Å². The Bertz CT molecular complexity index is 439. The van der Waals surface area contributed by atoms with E-state index in [2.05, 4.69) is 14.5 Å². The smallest absolute Gasteiger partial charge is 0.260 e. The SMILES string of the molecule is Cc1nscc1-c1nc(C(C)N)no1.Cl. The van der Waals surface area contributed by atoms with Crippen molar-refractivity contribution in [3.8, 4) is 11.5 Å². The van der Waals surface area contributed by atoms with Gasteiger partial charge in [-0.2, -0.15) is 9.36 Å². The maximum Gasteiger partial charge on any atom is 0.260 e. The van der Waals surface area contributed by atoms with Crippen LogP contribution in [0.25, 0.3) is 11.5 Å². The molecule has 0 aromatic carbocycles. The minimum Gasteiger partial charge on any atom is -0.334 e. The second kappa shape index (κ2) is 4.69. The third kappa shape index (κ3) is 2.34. The highest BCUT2D eigenvalue weighted by atomic mass is 35.5. The van der Waals surface area contributed by atoms with Crippen LogP contribution in [-0.4, -0.2) is 14.5 Å². The van der Waals surface area contributed by atoms with Gasteiger partial charge in [0.2, 0.25) is 0 Å². The Hall–Kier alpha value is -0.980. The first-order valence-corrected chi connectivity index (χ1v) is 5.02. The maximum absolute atomic E-state index is 5.62. The fraction of sp³-hybridized carbons (Fsp3) is 0.375. The molecule has 1 atom stereocenters. The molecule has 0 saturated heterocycles. The van der Waals surface area contributed by atoms with Gasteiger partial charge in [-0.25, -0.2) is 0 Å². The van der Waals surface area contributed by atoms with E-state index in [1.54, 1.807) is 0 Å². The first-order chi connectivity index (χ1) is 6.68. The number of hydrogen-bond acceptors (Lipinski definition) is 6. The first kappa shape index (κ1) is 12.1. The molecule has 7 heteroatoms. The molecule has 2 rings (SSSR count). The Labute approximate surface area is 97.3 Å². The second-order valence-corrected chi connectivity index (χ2v) is 3.69. The van der Waals surface area contributed by atoms with Gasteiger partial charge in [-0.05, 0) is 25.4 Å². The molecular weight excluding hydrogens is 236 g/mol. The molecule has 0 aliphatic rings. The summed E-state index contributed by atoms with van der Waals surface area (Å²) < 4.78 is 9.21. The van der Waals surface area contributed by atoms with E-state index in [1.165, 1.54) is 11.5 Å².